The molecule has 1 aromatic rings. The lowest BCUT2D eigenvalue weighted by molar-refractivity contribution is -0.146. The number of carbonyl (C=O) groups is 1. The molecule has 0 amide bonds. The number of rotatable bonds is 5. The fourth-order valence-electron chi connectivity index (χ4n) is 2.24. The van der Waals surface area contributed by atoms with Crippen molar-refractivity contribution in [1.82, 2.24) is 0 Å². The van der Waals surface area contributed by atoms with E-state index in [1.165, 1.54) is 0 Å². The van der Waals surface area contributed by atoms with Crippen molar-refractivity contribution in [1.29, 1.82) is 0 Å². The minimum absolute atomic E-state index is 0.0839. The highest BCUT2D eigenvalue weighted by molar-refractivity contribution is 5.74. The Bertz CT molecular complexity index is 524. The van der Waals surface area contributed by atoms with Gasteiger partial charge in [-0.2, -0.15) is 0 Å². The molecule has 118 valence electrons. The Balaban J connectivity index is 3.38. The van der Waals surface area contributed by atoms with Gasteiger partial charge in [-0.25, -0.2) is 0 Å². The van der Waals surface area contributed by atoms with Crippen LogP contribution in [0.15, 0.2) is 12.1 Å². The monoisotopic (exact) mass is 294 g/mol. The quantitative estimate of drug-likeness (QED) is 0.900. The molecule has 0 aliphatic heterocycles. The molecular weight excluding hydrogens is 268 g/mol. The molecule has 1 N–H and O–H groups in total. The van der Waals surface area contributed by atoms with E-state index in [1.54, 1.807) is 28.1 Å². The summed E-state index contributed by atoms with van der Waals surface area (Å²) in [7, 11) is 3.23. The zero-order valence-corrected chi connectivity index (χ0v) is 14.0. The van der Waals surface area contributed by atoms with Gasteiger partial charge in [-0.15, -0.1) is 0 Å². The number of ether oxygens (including phenoxy) is 2. The van der Waals surface area contributed by atoms with Crippen molar-refractivity contribution in [2.75, 3.05) is 14.2 Å². The molecule has 0 saturated heterocycles. The maximum absolute atomic E-state index is 11.3. The van der Waals surface area contributed by atoms with Gasteiger partial charge in [0.25, 0.3) is 0 Å². The van der Waals surface area contributed by atoms with E-state index in [2.05, 4.69) is 20.8 Å². The molecule has 21 heavy (non-hydrogen) atoms. The molecule has 0 atom stereocenters. The van der Waals surface area contributed by atoms with Crippen LogP contribution in [0.4, 0.5) is 0 Å². The topological polar surface area (TPSA) is 55.8 Å². The van der Waals surface area contributed by atoms with Gasteiger partial charge in [0.15, 0.2) is 0 Å². The molecule has 1 rings (SSSR count). The first kappa shape index (κ1) is 17.3. The lowest BCUT2D eigenvalue weighted by Crippen LogP contribution is -2.26. The smallest absolute Gasteiger partial charge is 0.309 e. The normalized spacial score (nSPS) is 12.1. The zero-order chi connectivity index (χ0) is 16.4. The fourth-order valence-corrected chi connectivity index (χ4v) is 2.24. The third-order valence-electron chi connectivity index (χ3n) is 3.62. The van der Waals surface area contributed by atoms with Crippen LogP contribution in [-0.2, 0) is 16.6 Å². The number of hydrogen-bond donors (Lipinski definition) is 1. The molecule has 0 unspecified atom stereocenters. The second kappa shape index (κ2) is 5.96. The minimum Gasteiger partial charge on any atom is -0.496 e. The van der Waals surface area contributed by atoms with E-state index >= 15 is 0 Å². The van der Waals surface area contributed by atoms with Gasteiger partial charge in [0.1, 0.15) is 11.5 Å². The van der Waals surface area contributed by atoms with Crippen molar-refractivity contribution in [3.63, 3.8) is 0 Å². The maximum atomic E-state index is 11.3. The van der Waals surface area contributed by atoms with E-state index in [9.17, 15) is 9.90 Å². The van der Waals surface area contributed by atoms with E-state index in [-0.39, 0.29) is 5.41 Å². The van der Waals surface area contributed by atoms with Crippen molar-refractivity contribution in [2.45, 2.75) is 46.5 Å². The first-order valence-corrected chi connectivity index (χ1v) is 7.01. The van der Waals surface area contributed by atoms with E-state index in [0.29, 0.717) is 12.2 Å². The SMILES string of the molecule is COc1cc(C(C)(C)C)c(OC)cc1CC(C)(C)C(=O)O. The van der Waals surface area contributed by atoms with Gasteiger partial charge >= 0.3 is 5.97 Å². The predicted octanol–water partition coefficient (Wildman–Crippen LogP) is 3.65. The summed E-state index contributed by atoms with van der Waals surface area (Å²) < 4.78 is 10.9. The zero-order valence-electron chi connectivity index (χ0n) is 14.0. The molecule has 0 aromatic heterocycles. The van der Waals surface area contributed by atoms with Gasteiger partial charge in [-0.1, -0.05) is 20.8 Å². The van der Waals surface area contributed by atoms with Crippen molar-refractivity contribution in [2.24, 2.45) is 5.41 Å². The van der Waals surface area contributed by atoms with Gasteiger partial charge < -0.3 is 14.6 Å². The Morgan fingerprint density at radius 2 is 1.57 bits per heavy atom. The van der Waals surface area contributed by atoms with Crippen LogP contribution in [0.25, 0.3) is 0 Å². The number of aliphatic carboxylic acids is 1. The second-order valence-corrected chi connectivity index (χ2v) is 6.98. The summed E-state index contributed by atoms with van der Waals surface area (Å²) in [6.45, 7) is 9.72. The largest absolute Gasteiger partial charge is 0.496 e. The summed E-state index contributed by atoms with van der Waals surface area (Å²) >= 11 is 0. The molecule has 0 aliphatic carbocycles. The van der Waals surface area contributed by atoms with Crippen LogP contribution in [0.3, 0.4) is 0 Å². The van der Waals surface area contributed by atoms with Crippen LogP contribution in [0.2, 0.25) is 0 Å². The molecule has 4 nitrogen and oxygen atoms in total. The van der Waals surface area contributed by atoms with Crippen molar-refractivity contribution < 1.29 is 19.4 Å². The van der Waals surface area contributed by atoms with E-state index < -0.39 is 11.4 Å². The van der Waals surface area contributed by atoms with Crippen molar-refractivity contribution in [3.05, 3.63) is 23.3 Å². The molecule has 0 heterocycles. The standard InChI is InChI=1S/C17H26O4/c1-16(2,3)12-9-13(20-6)11(8-14(12)21-7)10-17(4,5)15(18)19/h8-9H,10H2,1-7H3,(H,18,19). The first-order valence-electron chi connectivity index (χ1n) is 7.01. The highest BCUT2D eigenvalue weighted by Crippen LogP contribution is 2.38. The van der Waals surface area contributed by atoms with Gasteiger partial charge in [-0.05, 0) is 43.4 Å². The summed E-state index contributed by atoms with van der Waals surface area (Å²) in [5.74, 6) is 0.637. The Kier molecular flexibility index (Phi) is 4.92. The van der Waals surface area contributed by atoms with E-state index in [0.717, 1.165) is 16.9 Å². The van der Waals surface area contributed by atoms with Crippen LogP contribution in [-0.4, -0.2) is 25.3 Å². The number of carboxylic acids is 1. The molecule has 1 aromatic carbocycles. The summed E-state index contributed by atoms with van der Waals surface area (Å²) in [6, 6.07) is 3.84. The highest BCUT2D eigenvalue weighted by atomic mass is 16.5. The minimum atomic E-state index is -0.860. The van der Waals surface area contributed by atoms with E-state index in [1.807, 2.05) is 12.1 Å². The molecule has 4 heteroatoms. The van der Waals surface area contributed by atoms with Crippen molar-refractivity contribution >= 4 is 5.97 Å². The predicted molar refractivity (Wildman–Crippen MR) is 83.4 cm³/mol. The van der Waals surface area contributed by atoms with Gasteiger partial charge in [0.05, 0.1) is 19.6 Å². The first-order chi connectivity index (χ1) is 9.52. The molecule has 0 aliphatic rings. The highest BCUT2D eigenvalue weighted by Gasteiger charge is 2.30. The third kappa shape index (κ3) is 3.90. The summed E-state index contributed by atoms with van der Waals surface area (Å²) in [5.41, 5.74) is 0.939. The van der Waals surface area contributed by atoms with Gasteiger partial charge in [0, 0.05) is 5.56 Å². The number of benzene rings is 1. The second-order valence-electron chi connectivity index (χ2n) is 6.98. The van der Waals surface area contributed by atoms with Gasteiger partial charge in [0.2, 0.25) is 0 Å². The number of carboxylic acid groups (broad SMARTS) is 1. The van der Waals surface area contributed by atoms with Crippen LogP contribution in [0.5, 0.6) is 11.5 Å². The summed E-state index contributed by atoms with van der Waals surface area (Å²) in [6.07, 6.45) is 0.381. The van der Waals surface area contributed by atoms with Crippen LogP contribution in [0, 0.1) is 5.41 Å². The molecule has 0 spiro atoms. The van der Waals surface area contributed by atoms with Gasteiger partial charge in [-0.3, -0.25) is 4.79 Å². The third-order valence-corrected chi connectivity index (χ3v) is 3.62. The van der Waals surface area contributed by atoms with Crippen LogP contribution in [0.1, 0.15) is 45.7 Å². The Morgan fingerprint density at radius 1 is 1.05 bits per heavy atom. The lowest BCUT2D eigenvalue weighted by Gasteiger charge is -2.26. The molecule has 0 radical (unpaired) electrons. The average molecular weight is 294 g/mol. The Morgan fingerprint density at radius 3 is 1.95 bits per heavy atom. The summed E-state index contributed by atoms with van der Waals surface area (Å²) in [5, 5.41) is 9.30. The Labute approximate surface area is 127 Å². The number of methoxy groups -OCH3 is 2. The maximum Gasteiger partial charge on any atom is 0.309 e. The Hall–Kier alpha value is -1.71. The average Bonchev–Trinajstić information content (AvgIpc) is 2.36. The fraction of sp³-hybridized carbons (Fsp3) is 0.588. The molecular formula is C17H26O4. The number of hydrogen-bond acceptors (Lipinski definition) is 3. The molecule has 0 bridgehead atoms. The van der Waals surface area contributed by atoms with E-state index in [4.69, 9.17) is 9.47 Å². The summed E-state index contributed by atoms with van der Waals surface area (Å²) in [4.78, 5) is 11.3. The lowest BCUT2D eigenvalue weighted by atomic mass is 9.82. The van der Waals surface area contributed by atoms with Crippen LogP contribution < -0.4 is 9.47 Å². The van der Waals surface area contributed by atoms with Crippen LogP contribution >= 0.6 is 0 Å². The molecule has 0 fully saturated rings. The van der Waals surface area contributed by atoms with Crippen molar-refractivity contribution in [3.8, 4) is 11.5 Å². The molecule has 0 saturated carbocycles.